The molecular weight excluding hydrogens is 407 g/mol. The molecule has 0 aliphatic carbocycles. The Morgan fingerprint density at radius 2 is 1.90 bits per heavy atom. The number of carbonyl (C=O) groups excluding carboxylic acids is 1. The molecule has 1 amide bonds. The lowest BCUT2D eigenvalue weighted by Crippen LogP contribution is -2.30. The maximum Gasteiger partial charge on any atom is 0.296 e. The van der Waals surface area contributed by atoms with Crippen molar-refractivity contribution in [3.8, 4) is 0 Å². The highest BCUT2D eigenvalue weighted by Crippen LogP contribution is 2.41. The summed E-state index contributed by atoms with van der Waals surface area (Å²) in [5.74, 6) is -0.899. The second-order valence-corrected chi connectivity index (χ2v) is 7.54. The number of amides is 1. The van der Waals surface area contributed by atoms with E-state index in [9.17, 15) is 14.0 Å². The van der Waals surface area contributed by atoms with Crippen LogP contribution in [0.4, 0.5) is 10.2 Å². The molecule has 0 bridgehead atoms. The van der Waals surface area contributed by atoms with Crippen molar-refractivity contribution in [3.63, 3.8) is 0 Å². The molecule has 1 aliphatic rings. The van der Waals surface area contributed by atoms with Gasteiger partial charge in [-0.15, -0.1) is 0 Å². The Morgan fingerprint density at radius 3 is 2.67 bits per heavy atom. The van der Waals surface area contributed by atoms with Gasteiger partial charge in [0.25, 0.3) is 5.91 Å². The van der Waals surface area contributed by atoms with E-state index in [2.05, 4.69) is 4.98 Å². The average molecular weight is 421 g/mol. The van der Waals surface area contributed by atoms with E-state index in [0.717, 1.165) is 5.56 Å². The van der Waals surface area contributed by atoms with Crippen molar-refractivity contribution in [2.45, 2.75) is 13.0 Å². The normalized spacial score (nSPS) is 15.6. The van der Waals surface area contributed by atoms with Gasteiger partial charge in [0.15, 0.2) is 5.43 Å². The van der Waals surface area contributed by atoms with Crippen LogP contribution in [0.5, 0.6) is 0 Å². The van der Waals surface area contributed by atoms with Crippen LogP contribution in [0.3, 0.4) is 0 Å². The standard InChI is InChI=1S/C23H14ClFN2O3/c1-12-8-9-26-18(10-12)27-20(14-4-2-3-5-16(14)25)19-21(28)15-11-13(24)6-7-17(15)30-22(19)23(27)29/h2-11,20H,1H3/t20-/m0/s1. The Kier molecular flexibility index (Phi) is 4.18. The van der Waals surface area contributed by atoms with E-state index < -0.39 is 23.2 Å². The first-order valence-electron chi connectivity index (χ1n) is 9.22. The van der Waals surface area contributed by atoms with E-state index in [-0.39, 0.29) is 27.9 Å². The quantitative estimate of drug-likeness (QED) is 0.456. The van der Waals surface area contributed by atoms with Crippen LogP contribution in [0.2, 0.25) is 5.02 Å². The lowest BCUT2D eigenvalue weighted by Gasteiger charge is -2.24. The van der Waals surface area contributed by atoms with Crippen LogP contribution in [-0.2, 0) is 0 Å². The second kappa shape index (κ2) is 6.78. The lowest BCUT2D eigenvalue weighted by atomic mass is 9.98. The minimum absolute atomic E-state index is 0.0724. The molecule has 0 fully saturated rings. The summed E-state index contributed by atoms with van der Waals surface area (Å²) in [5, 5.41) is 0.591. The first-order chi connectivity index (χ1) is 14.5. The van der Waals surface area contributed by atoms with Crippen LogP contribution < -0.4 is 10.3 Å². The number of halogens is 2. The van der Waals surface area contributed by atoms with Gasteiger partial charge in [-0.05, 0) is 48.9 Å². The van der Waals surface area contributed by atoms with Crippen LogP contribution in [0.15, 0.2) is 70.0 Å². The van der Waals surface area contributed by atoms with Gasteiger partial charge in [0.05, 0.1) is 17.0 Å². The largest absolute Gasteiger partial charge is 0.450 e. The zero-order valence-corrected chi connectivity index (χ0v) is 16.5. The van der Waals surface area contributed by atoms with E-state index >= 15 is 0 Å². The predicted octanol–water partition coefficient (Wildman–Crippen LogP) is 5.04. The number of hydrogen-bond donors (Lipinski definition) is 0. The minimum Gasteiger partial charge on any atom is -0.450 e. The number of pyridine rings is 1. The smallest absolute Gasteiger partial charge is 0.296 e. The van der Waals surface area contributed by atoms with Gasteiger partial charge in [0, 0.05) is 16.8 Å². The number of aromatic nitrogens is 1. The van der Waals surface area contributed by atoms with Gasteiger partial charge in [-0.1, -0.05) is 29.8 Å². The van der Waals surface area contributed by atoms with Gasteiger partial charge in [0.2, 0.25) is 5.76 Å². The van der Waals surface area contributed by atoms with Crippen LogP contribution in [-0.4, -0.2) is 10.9 Å². The molecule has 5 nitrogen and oxygen atoms in total. The first-order valence-corrected chi connectivity index (χ1v) is 9.60. The molecule has 2 aromatic heterocycles. The summed E-state index contributed by atoms with van der Waals surface area (Å²) < 4.78 is 20.7. The third-order valence-electron chi connectivity index (χ3n) is 5.18. The molecular formula is C23H14ClFN2O3. The number of fused-ring (bicyclic) bond motifs is 2. The molecule has 0 radical (unpaired) electrons. The van der Waals surface area contributed by atoms with E-state index in [0.29, 0.717) is 10.8 Å². The predicted molar refractivity (Wildman–Crippen MR) is 112 cm³/mol. The van der Waals surface area contributed by atoms with E-state index in [1.54, 1.807) is 42.6 Å². The molecule has 0 unspecified atom stereocenters. The van der Waals surface area contributed by atoms with Crippen molar-refractivity contribution in [3.05, 3.63) is 104 Å². The summed E-state index contributed by atoms with van der Waals surface area (Å²) in [6, 6.07) is 13.1. The first kappa shape index (κ1) is 18.5. The fourth-order valence-corrected chi connectivity index (χ4v) is 4.00. The van der Waals surface area contributed by atoms with E-state index in [1.807, 2.05) is 6.92 Å². The fourth-order valence-electron chi connectivity index (χ4n) is 3.82. The number of rotatable bonds is 2. The van der Waals surface area contributed by atoms with E-state index in [4.69, 9.17) is 16.0 Å². The Bertz CT molecular complexity index is 1400. The van der Waals surface area contributed by atoms with Gasteiger partial charge in [0.1, 0.15) is 17.2 Å². The molecule has 0 saturated heterocycles. The topological polar surface area (TPSA) is 63.4 Å². The number of benzene rings is 2. The molecule has 148 valence electrons. The maximum absolute atomic E-state index is 14.8. The Hall–Kier alpha value is -3.51. The molecule has 4 aromatic rings. The third-order valence-corrected chi connectivity index (χ3v) is 5.41. The summed E-state index contributed by atoms with van der Waals surface area (Å²) in [6.07, 6.45) is 1.56. The van der Waals surface area contributed by atoms with Crippen LogP contribution >= 0.6 is 11.6 Å². The molecule has 5 rings (SSSR count). The minimum atomic E-state index is -1.01. The zero-order valence-electron chi connectivity index (χ0n) is 15.7. The van der Waals surface area contributed by atoms with Crippen LogP contribution in [0, 0.1) is 12.7 Å². The third kappa shape index (κ3) is 2.72. The van der Waals surface area contributed by atoms with Crippen LogP contribution in [0.25, 0.3) is 11.0 Å². The number of carbonyl (C=O) groups is 1. The summed E-state index contributed by atoms with van der Waals surface area (Å²) >= 11 is 6.06. The summed E-state index contributed by atoms with van der Waals surface area (Å²) in [7, 11) is 0. The lowest BCUT2D eigenvalue weighted by molar-refractivity contribution is 0.0970. The Labute approximate surface area is 175 Å². The highest BCUT2D eigenvalue weighted by molar-refractivity contribution is 6.31. The van der Waals surface area contributed by atoms with Gasteiger partial charge < -0.3 is 4.42 Å². The molecule has 0 spiro atoms. The Balaban J connectivity index is 1.86. The van der Waals surface area contributed by atoms with Gasteiger partial charge in [-0.3, -0.25) is 14.5 Å². The second-order valence-electron chi connectivity index (χ2n) is 7.11. The molecule has 1 aliphatic heterocycles. The SMILES string of the molecule is Cc1ccnc(N2C(=O)c3oc4ccc(Cl)cc4c(=O)c3[C@@H]2c2ccccc2F)c1. The molecule has 1 atom stereocenters. The molecule has 30 heavy (non-hydrogen) atoms. The van der Waals surface area contributed by atoms with E-state index in [1.165, 1.54) is 23.1 Å². The molecule has 0 saturated carbocycles. The van der Waals surface area contributed by atoms with Gasteiger partial charge >= 0.3 is 0 Å². The van der Waals surface area contributed by atoms with Crippen molar-refractivity contribution < 1.29 is 13.6 Å². The maximum atomic E-state index is 14.8. The van der Waals surface area contributed by atoms with Crippen molar-refractivity contribution in [2.24, 2.45) is 0 Å². The number of aryl methyl sites for hydroxylation is 1. The van der Waals surface area contributed by atoms with Crippen LogP contribution in [0.1, 0.15) is 33.3 Å². The van der Waals surface area contributed by atoms with Gasteiger partial charge in [-0.25, -0.2) is 9.37 Å². The molecule has 2 aromatic carbocycles. The molecule has 3 heterocycles. The zero-order chi connectivity index (χ0) is 21.0. The summed E-state index contributed by atoms with van der Waals surface area (Å²) in [4.78, 5) is 32.4. The highest BCUT2D eigenvalue weighted by Gasteiger charge is 2.45. The monoisotopic (exact) mass is 420 g/mol. The summed E-state index contributed by atoms with van der Waals surface area (Å²) in [5.41, 5.74) is 0.936. The fraction of sp³-hybridized carbons (Fsp3) is 0.0870. The molecule has 7 heteroatoms. The number of nitrogens with zero attached hydrogens (tertiary/aromatic N) is 2. The van der Waals surface area contributed by atoms with Crippen molar-refractivity contribution in [1.82, 2.24) is 4.98 Å². The van der Waals surface area contributed by atoms with Crippen molar-refractivity contribution in [2.75, 3.05) is 4.90 Å². The van der Waals surface area contributed by atoms with Gasteiger partial charge in [-0.2, -0.15) is 0 Å². The highest BCUT2D eigenvalue weighted by atomic mass is 35.5. The van der Waals surface area contributed by atoms with Crippen molar-refractivity contribution >= 4 is 34.3 Å². The number of anilines is 1. The number of hydrogen-bond acceptors (Lipinski definition) is 4. The molecule has 0 N–H and O–H groups in total. The Morgan fingerprint density at radius 1 is 1.10 bits per heavy atom. The van der Waals surface area contributed by atoms with Crippen molar-refractivity contribution in [1.29, 1.82) is 0 Å². The summed E-state index contributed by atoms with van der Waals surface area (Å²) in [6.45, 7) is 1.86. The average Bonchev–Trinajstić information content (AvgIpc) is 3.01.